The highest BCUT2D eigenvalue weighted by atomic mass is 19.4. The third-order valence-corrected chi connectivity index (χ3v) is 7.69. The van der Waals surface area contributed by atoms with E-state index in [1.807, 2.05) is 12.1 Å². The van der Waals surface area contributed by atoms with Gasteiger partial charge in [-0.05, 0) is 49.9 Å². The van der Waals surface area contributed by atoms with E-state index in [-0.39, 0.29) is 35.4 Å². The minimum atomic E-state index is -5.08. The van der Waals surface area contributed by atoms with Crippen molar-refractivity contribution in [2.45, 2.75) is 56.4 Å². The second-order valence-electron chi connectivity index (χ2n) is 10.5. The zero-order valence-corrected chi connectivity index (χ0v) is 21.6. The molecule has 3 atom stereocenters. The molecule has 0 saturated carbocycles. The van der Waals surface area contributed by atoms with Crippen molar-refractivity contribution in [2.75, 3.05) is 19.6 Å². The van der Waals surface area contributed by atoms with Gasteiger partial charge in [0.15, 0.2) is 5.69 Å². The Balaban J connectivity index is 0.000000431. The molecule has 3 unspecified atom stereocenters. The van der Waals surface area contributed by atoms with Crippen LogP contribution in [-0.2, 0) is 20.9 Å². The van der Waals surface area contributed by atoms with Gasteiger partial charge in [0.1, 0.15) is 6.04 Å². The van der Waals surface area contributed by atoms with Gasteiger partial charge in [0, 0.05) is 31.6 Å². The molecule has 5 heterocycles. The van der Waals surface area contributed by atoms with E-state index in [1.54, 1.807) is 12.3 Å². The van der Waals surface area contributed by atoms with Crippen molar-refractivity contribution in [3.8, 4) is 5.69 Å². The van der Waals surface area contributed by atoms with Crippen LogP contribution in [-0.4, -0.2) is 96.9 Å². The summed E-state index contributed by atoms with van der Waals surface area (Å²) in [5.74, 6) is -4.00. The normalized spacial score (nSPS) is 25.2. The maximum Gasteiger partial charge on any atom is 0.490 e. The van der Waals surface area contributed by atoms with E-state index in [9.17, 15) is 32.3 Å². The molecule has 3 N–H and O–H groups in total. The number of imide groups is 1. The fourth-order valence-electron chi connectivity index (χ4n) is 5.64. The van der Waals surface area contributed by atoms with E-state index in [0.717, 1.165) is 44.5 Å². The molecule has 13 nitrogen and oxygen atoms in total. The Hall–Kier alpha value is -4.34. The summed E-state index contributed by atoms with van der Waals surface area (Å²) in [4.78, 5) is 62.4. The van der Waals surface area contributed by atoms with Gasteiger partial charge in [-0.25, -0.2) is 9.48 Å². The monoisotopic (exact) mass is 577 g/mol. The van der Waals surface area contributed by atoms with Gasteiger partial charge in [-0.15, -0.1) is 5.10 Å². The van der Waals surface area contributed by atoms with Crippen LogP contribution in [0, 0.1) is 0 Å². The minimum absolute atomic E-state index is 0.182. The van der Waals surface area contributed by atoms with Crippen LogP contribution in [0.1, 0.15) is 58.5 Å². The fourth-order valence-corrected chi connectivity index (χ4v) is 5.64. The van der Waals surface area contributed by atoms with Gasteiger partial charge in [-0.3, -0.25) is 24.5 Å². The van der Waals surface area contributed by atoms with Crippen molar-refractivity contribution in [3.05, 3.63) is 41.2 Å². The Morgan fingerprint density at radius 3 is 2.61 bits per heavy atom. The first-order chi connectivity index (χ1) is 19.3. The molecular weight excluding hydrogens is 551 g/mol. The summed E-state index contributed by atoms with van der Waals surface area (Å²) < 4.78 is 33.2. The van der Waals surface area contributed by atoms with Gasteiger partial charge < -0.3 is 20.2 Å². The highest BCUT2D eigenvalue weighted by Crippen LogP contribution is 2.32. The van der Waals surface area contributed by atoms with Crippen LogP contribution in [0.15, 0.2) is 24.4 Å². The second kappa shape index (κ2) is 10.6. The van der Waals surface area contributed by atoms with Gasteiger partial charge >= 0.3 is 12.1 Å². The number of carboxylic acids is 1. The number of alkyl halides is 3. The molecule has 4 amide bonds. The van der Waals surface area contributed by atoms with Crippen molar-refractivity contribution in [1.82, 2.24) is 35.4 Å². The van der Waals surface area contributed by atoms with Gasteiger partial charge in [-0.1, -0.05) is 11.3 Å². The molecule has 0 radical (unpaired) electrons. The van der Waals surface area contributed by atoms with Crippen LogP contribution in [0.4, 0.5) is 13.2 Å². The molecule has 0 aliphatic carbocycles. The number of rotatable bonds is 4. The molecule has 4 aliphatic rings. The molecule has 1 aromatic carbocycles. The number of benzene rings is 1. The Morgan fingerprint density at radius 1 is 1.15 bits per heavy atom. The van der Waals surface area contributed by atoms with Crippen molar-refractivity contribution in [3.63, 3.8) is 0 Å². The number of aliphatic carboxylic acids is 1. The van der Waals surface area contributed by atoms with Crippen molar-refractivity contribution >= 4 is 29.6 Å². The van der Waals surface area contributed by atoms with Crippen LogP contribution < -0.4 is 10.6 Å². The van der Waals surface area contributed by atoms with E-state index in [1.165, 1.54) is 9.58 Å². The van der Waals surface area contributed by atoms with Crippen molar-refractivity contribution in [1.29, 1.82) is 0 Å². The molecule has 3 saturated heterocycles. The summed E-state index contributed by atoms with van der Waals surface area (Å²) in [5, 5.41) is 20.8. The maximum absolute atomic E-state index is 13.1. The molecule has 218 valence electrons. The largest absolute Gasteiger partial charge is 0.490 e. The van der Waals surface area contributed by atoms with E-state index in [4.69, 9.17) is 9.90 Å². The summed E-state index contributed by atoms with van der Waals surface area (Å²) in [6.45, 7) is 3.28. The summed E-state index contributed by atoms with van der Waals surface area (Å²) in [7, 11) is 0. The van der Waals surface area contributed by atoms with E-state index >= 15 is 0 Å². The predicted octanol–water partition coefficient (Wildman–Crippen LogP) is 0.630. The lowest BCUT2D eigenvalue weighted by molar-refractivity contribution is -0.192. The Morgan fingerprint density at radius 2 is 1.90 bits per heavy atom. The maximum atomic E-state index is 13.1. The fraction of sp³-hybridized carbons (Fsp3) is 0.480. The lowest BCUT2D eigenvalue weighted by Gasteiger charge is -2.34. The number of carboxylic acid groups (broad SMARTS) is 1. The number of amides is 4. The number of nitrogens with one attached hydrogen (secondary N) is 2. The molecule has 6 rings (SSSR count). The van der Waals surface area contributed by atoms with Gasteiger partial charge in [0.2, 0.25) is 11.8 Å². The number of hydrogen-bond donors (Lipinski definition) is 3. The zero-order valence-electron chi connectivity index (χ0n) is 21.6. The summed E-state index contributed by atoms with van der Waals surface area (Å²) in [6.07, 6.45) is 0.0129. The van der Waals surface area contributed by atoms with Gasteiger partial charge in [0.05, 0.1) is 17.4 Å². The lowest BCUT2D eigenvalue weighted by Crippen LogP contribution is -2.52. The standard InChI is InChI=1S/C23H25N7O4.C2HF3O2/c31-19-5-4-18(21(33)24-19)29-11-14-2-3-15(10-16(14)22(29)34)30-12-17(26-27-30)20(32)25-23-6-1-8-28(13-23)9-7-23;3-2(4,5)1(6)7/h2-3,10,12,18H,1,4-9,11,13H2,(H,25,32)(H,24,31,33);(H,6,7). The summed E-state index contributed by atoms with van der Waals surface area (Å²) >= 11 is 0. The van der Waals surface area contributed by atoms with Crippen molar-refractivity contribution in [2.24, 2.45) is 0 Å². The number of halogens is 3. The van der Waals surface area contributed by atoms with Crippen LogP contribution in [0.2, 0.25) is 0 Å². The Labute approximate surface area is 230 Å². The predicted molar refractivity (Wildman–Crippen MR) is 132 cm³/mol. The van der Waals surface area contributed by atoms with E-state index < -0.39 is 24.1 Å². The number of carbonyl (C=O) groups is 5. The van der Waals surface area contributed by atoms with Crippen molar-refractivity contribution < 1.29 is 42.3 Å². The number of fused-ring (bicyclic) bond motifs is 3. The summed E-state index contributed by atoms with van der Waals surface area (Å²) in [5.41, 5.74) is 1.94. The first-order valence-electron chi connectivity index (χ1n) is 12.9. The first-order valence-corrected chi connectivity index (χ1v) is 12.9. The molecule has 2 aromatic rings. The molecular formula is C25H26F3N7O6. The summed E-state index contributed by atoms with van der Waals surface area (Å²) in [6, 6.07) is 4.68. The first kappa shape index (κ1) is 28.2. The number of aromatic nitrogens is 3. The SMILES string of the molecule is O=C(O)C(F)(F)F.O=C1CCC(N2Cc3ccc(-n4cc(C(=O)NC56CCCN(CC5)C6)nn4)cc3C2=O)C(=O)N1. The van der Waals surface area contributed by atoms with Gasteiger partial charge in [-0.2, -0.15) is 13.2 Å². The van der Waals surface area contributed by atoms with Crippen LogP contribution in [0.25, 0.3) is 5.69 Å². The zero-order chi connectivity index (χ0) is 29.5. The Kier molecular flexibility index (Phi) is 7.27. The third kappa shape index (κ3) is 5.77. The van der Waals surface area contributed by atoms with Crippen LogP contribution in [0.5, 0.6) is 0 Å². The number of piperidine rings is 2. The molecule has 1 aromatic heterocycles. The molecule has 3 fully saturated rings. The lowest BCUT2D eigenvalue weighted by atomic mass is 9.90. The smallest absolute Gasteiger partial charge is 0.475 e. The van der Waals surface area contributed by atoms with E-state index in [0.29, 0.717) is 24.2 Å². The topological polar surface area (TPSA) is 167 Å². The van der Waals surface area contributed by atoms with Gasteiger partial charge in [0.25, 0.3) is 11.8 Å². The molecule has 41 heavy (non-hydrogen) atoms. The Bertz CT molecular complexity index is 1420. The number of hydrogen-bond acceptors (Lipinski definition) is 8. The van der Waals surface area contributed by atoms with E-state index in [2.05, 4.69) is 25.8 Å². The molecule has 0 spiro atoms. The third-order valence-electron chi connectivity index (χ3n) is 7.69. The highest BCUT2D eigenvalue weighted by molar-refractivity contribution is 6.05. The average Bonchev–Trinajstić information content (AvgIpc) is 3.60. The highest BCUT2D eigenvalue weighted by Gasteiger charge is 2.43. The van der Waals surface area contributed by atoms with Crippen LogP contribution in [0.3, 0.4) is 0 Å². The number of carbonyl (C=O) groups excluding carboxylic acids is 4. The van der Waals surface area contributed by atoms with Crippen LogP contribution >= 0.6 is 0 Å². The molecule has 2 bridgehead atoms. The quantitative estimate of drug-likeness (QED) is 0.442. The number of nitrogens with zero attached hydrogens (tertiary/aromatic N) is 5. The molecule has 16 heteroatoms. The molecule has 4 aliphatic heterocycles. The minimum Gasteiger partial charge on any atom is -0.475 e. The second-order valence-corrected chi connectivity index (χ2v) is 10.5. The average molecular weight is 578 g/mol.